The van der Waals surface area contributed by atoms with Crippen LogP contribution < -0.4 is 15.5 Å². The summed E-state index contributed by atoms with van der Waals surface area (Å²) in [5.41, 5.74) is 0. The molecule has 2 aromatic rings. The SMILES string of the molecule is O=C(NCCN1CCNCC1)C1CCCN(c2ncnc3sccc23)C1. The Kier molecular flexibility index (Phi) is 5.62. The summed E-state index contributed by atoms with van der Waals surface area (Å²) in [4.78, 5) is 27.1. The van der Waals surface area contributed by atoms with Gasteiger partial charge >= 0.3 is 0 Å². The minimum Gasteiger partial charge on any atom is -0.355 e. The van der Waals surface area contributed by atoms with Gasteiger partial charge in [-0.05, 0) is 24.3 Å². The topological polar surface area (TPSA) is 73.4 Å². The van der Waals surface area contributed by atoms with Crippen molar-refractivity contribution in [1.29, 1.82) is 0 Å². The van der Waals surface area contributed by atoms with Gasteiger partial charge in [0.2, 0.25) is 5.91 Å². The molecule has 140 valence electrons. The van der Waals surface area contributed by atoms with Crippen molar-refractivity contribution < 1.29 is 4.79 Å². The number of piperidine rings is 1. The molecule has 0 aliphatic carbocycles. The Bertz CT molecular complexity index is 744. The highest BCUT2D eigenvalue weighted by atomic mass is 32.1. The van der Waals surface area contributed by atoms with Gasteiger partial charge in [0.25, 0.3) is 0 Å². The lowest BCUT2D eigenvalue weighted by Gasteiger charge is -2.33. The van der Waals surface area contributed by atoms with E-state index in [4.69, 9.17) is 0 Å². The number of piperazine rings is 1. The first-order valence-corrected chi connectivity index (χ1v) is 10.3. The van der Waals surface area contributed by atoms with Gasteiger partial charge in [0.05, 0.1) is 11.3 Å². The molecule has 4 rings (SSSR count). The molecule has 26 heavy (non-hydrogen) atoms. The predicted molar refractivity (Wildman–Crippen MR) is 105 cm³/mol. The summed E-state index contributed by atoms with van der Waals surface area (Å²) in [5, 5.41) is 9.64. The van der Waals surface area contributed by atoms with E-state index in [-0.39, 0.29) is 11.8 Å². The molecule has 2 saturated heterocycles. The molecule has 4 heterocycles. The number of thiophene rings is 1. The fourth-order valence-electron chi connectivity index (χ4n) is 3.83. The van der Waals surface area contributed by atoms with Crippen LogP contribution in [-0.4, -0.2) is 73.1 Å². The van der Waals surface area contributed by atoms with Crippen LogP contribution in [0.15, 0.2) is 17.8 Å². The molecule has 0 aromatic carbocycles. The number of amides is 1. The molecular formula is C18H26N6OS. The van der Waals surface area contributed by atoms with Crippen LogP contribution in [0.2, 0.25) is 0 Å². The zero-order valence-electron chi connectivity index (χ0n) is 15.0. The van der Waals surface area contributed by atoms with E-state index < -0.39 is 0 Å². The third-order valence-corrected chi connectivity index (χ3v) is 6.09. The summed E-state index contributed by atoms with van der Waals surface area (Å²) in [5.74, 6) is 1.19. The molecule has 2 aromatic heterocycles. The highest BCUT2D eigenvalue weighted by Crippen LogP contribution is 2.29. The number of carbonyl (C=O) groups is 1. The maximum absolute atomic E-state index is 12.6. The van der Waals surface area contributed by atoms with Gasteiger partial charge in [-0.15, -0.1) is 11.3 Å². The summed E-state index contributed by atoms with van der Waals surface area (Å²) < 4.78 is 0. The highest BCUT2D eigenvalue weighted by molar-refractivity contribution is 7.16. The summed E-state index contributed by atoms with van der Waals surface area (Å²) >= 11 is 1.63. The van der Waals surface area contributed by atoms with Gasteiger partial charge in [0.15, 0.2) is 0 Å². The normalized spacial score (nSPS) is 21.8. The second-order valence-electron chi connectivity index (χ2n) is 7.00. The number of fused-ring (bicyclic) bond motifs is 1. The summed E-state index contributed by atoms with van der Waals surface area (Å²) in [6.07, 6.45) is 3.60. The van der Waals surface area contributed by atoms with Gasteiger partial charge in [-0.25, -0.2) is 9.97 Å². The number of anilines is 1. The fraction of sp³-hybridized carbons (Fsp3) is 0.611. The Morgan fingerprint density at radius 1 is 1.31 bits per heavy atom. The van der Waals surface area contributed by atoms with E-state index in [1.54, 1.807) is 17.7 Å². The van der Waals surface area contributed by atoms with E-state index in [1.165, 1.54) is 0 Å². The van der Waals surface area contributed by atoms with E-state index in [2.05, 4.69) is 36.5 Å². The largest absolute Gasteiger partial charge is 0.355 e. The van der Waals surface area contributed by atoms with E-state index in [0.717, 1.165) is 81.2 Å². The Morgan fingerprint density at radius 3 is 3.08 bits per heavy atom. The molecule has 0 bridgehead atoms. The van der Waals surface area contributed by atoms with Crippen LogP contribution in [0.5, 0.6) is 0 Å². The monoisotopic (exact) mass is 374 g/mol. The molecule has 1 atom stereocenters. The van der Waals surface area contributed by atoms with Crippen LogP contribution in [0, 0.1) is 5.92 Å². The van der Waals surface area contributed by atoms with E-state index in [0.29, 0.717) is 0 Å². The minimum absolute atomic E-state index is 0.0374. The third-order valence-electron chi connectivity index (χ3n) is 5.27. The van der Waals surface area contributed by atoms with Crippen LogP contribution in [0.25, 0.3) is 10.2 Å². The van der Waals surface area contributed by atoms with Crippen molar-refractivity contribution in [3.05, 3.63) is 17.8 Å². The van der Waals surface area contributed by atoms with Gasteiger partial charge in [-0.2, -0.15) is 0 Å². The first kappa shape index (κ1) is 17.6. The minimum atomic E-state index is 0.0374. The third kappa shape index (κ3) is 3.97. The summed E-state index contributed by atoms with van der Waals surface area (Å²) in [6, 6.07) is 2.08. The molecular weight excluding hydrogens is 348 g/mol. The molecule has 1 amide bonds. The molecule has 2 aliphatic heterocycles. The van der Waals surface area contributed by atoms with Gasteiger partial charge in [-0.3, -0.25) is 9.69 Å². The zero-order chi connectivity index (χ0) is 17.8. The Morgan fingerprint density at radius 2 is 2.19 bits per heavy atom. The lowest BCUT2D eigenvalue weighted by Crippen LogP contribution is -2.48. The smallest absolute Gasteiger partial charge is 0.224 e. The van der Waals surface area contributed by atoms with Crippen molar-refractivity contribution in [2.75, 3.05) is 57.3 Å². The predicted octanol–water partition coefficient (Wildman–Crippen LogP) is 0.929. The molecule has 0 saturated carbocycles. The number of rotatable bonds is 5. The molecule has 2 N–H and O–H groups in total. The van der Waals surface area contributed by atoms with Crippen molar-refractivity contribution in [3.63, 3.8) is 0 Å². The molecule has 1 unspecified atom stereocenters. The molecule has 0 spiro atoms. The maximum atomic E-state index is 12.6. The standard InChI is InChI=1S/C18H26N6OS/c25-17(20-6-10-23-8-4-19-5-9-23)14-2-1-7-24(12-14)16-15-3-11-26-18(15)22-13-21-16/h3,11,13-14,19H,1-2,4-10,12H2,(H,20,25). The molecule has 0 radical (unpaired) electrons. The molecule has 8 heteroatoms. The van der Waals surface area contributed by atoms with Crippen LogP contribution in [0.1, 0.15) is 12.8 Å². The lowest BCUT2D eigenvalue weighted by molar-refractivity contribution is -0.125. The van der Waals surface area contributed by atoms with Crippen LogP contribution in [0.4, 0.5) is 5.82 Å². The molecule has 7 nitrogen and oxygen atoms in total. The molecule has 2 aliphatic rings. The second kappa shape index (κ2) is 8.28. The van der Waals surface area contributed by atoms with Crippen molar-refractivity contribution >= 4 is 33.3 Å². The number of hydrogen-bond acceptors (Lipinski definition) is 7. The van der Waals surface area contributed by atoms with E-state index in [1.807, 2.05) is 5.38 Å². The fourth-order valence-corrected chi connectivity index (χ4v) is 4.56. The maximum Gasteiger partial charge on any atom is 0.224 e. The number of nitrogens with one attached hydrogen (secondary N) is 2. The highest BCUT2D eigenvalue weighted by Gasteiger charge is 2.27. The quantitative estimate of drug-likeness (QED) is 0.811. The second-order valence-corrected chi connectivity index (χ2v) is 7.90. The number of nitrogens with zero attached hydrogens (tertiary/aromatic N) is 4. The van der Waals surface area contributed by atoms with Crippen LogP contribution >= 0.6 is 11.3 Å². The van der Waals surface area contributed by atoms with E-state index in [9.17, 15) is 4.79 Å². The number of carbonyl (C=O) groups excluding carboxylic acids is 1. The number of hydrogen-bond donors (Lipinski definition) is 2. The van der Waals surface area contributed by atoms with Gasteiger partial charge in [0.1, 0.15) is 17.0 Å². The number of aromatic nitrogens is 2. The first-order chi connectivity index (χ1) is 12.8. The first-order valence-electron chi connectivity index (χ1n) is 9.45. The van der Waals surface area contributed by atoms with Crippen LogP contribution in [0.3, 0.4) is 0 Å². The van der Waals surface area contributed by atoms with E-state index >= 15 is 0 Å². The van der Waals surface area contributed by atoms with Crippen molar-refractivity contribution in [2.24, 2.45) is 5.92 Å². The average molecular weight is 375 g/mol. The Hall–Kier alpha value is -1.77. The zero-order valence-corrected chi connectivity index (χ0v) is 15.8. The average Bonchev–Trinajstić information content (AvgIpc) is 3.18. The summed E-state index contributed by atoms with van der Waals surface area (Å²) in [7, 11) is 0. The van der Waals surface area contributed by atoms with Crippen molar-refractivity contribution in [2.45, 2.75) is 12.8 Å². The Labute approximate surface area is 157 Å². The summed E-state index contributed by atoms with van der Waals surface area (Å²) in [6.45, 7) is 7.58. The lowest BCUT2D eigenvalue weighted by atomic mass is 9.97. The molecule has 2 fully saturated rings. The Balaban J connectivity index is 1.33. The van der Waals surface area contributed by atoms with Crippen molar-refractivity contribution in [1.82, 2.24) is 25.5 Å². The van der Waals surface area contributed by atoms with Gasteiger partial charge in [0, 0.05) is 52.4 Å². The van der Waals surface area contributed by atoms with Gasteiger partial charge in [-0.1, -0.05) is 0 Å². The van der Waals surface area contributed by atoms with Crippen molar-refractivity contribution in [3.8, 4) is 0 Å². The van der Waals surface area contributed by atoms with Crippen LogP contribution in [-0.2, 0) is 4.79 Å². The van der Waals surface area contributed by atoms with Gasteiger partial charge < -0.3 is 15.5 Å².